The van der Waals surface area contributed by atoms with Crippen LogP contribution in [0.4, 0.5) is 0 Å². The fraction of sp³-hybridized carbons (Fsp3) is 0.500. The van der Waals surface area contributed by atoms with Gasteiger partial charge in [-0.15, -0.1) is 0 Å². The Hall–Kier alpha value is -1.84. The van der Waals surface area contributed by atoms with Gasteiger partial charge in [0.15, 0.2) is 0 Å². The van der Waals surface area contributed by atoms with Gasteiger partial charge in [-0.25, -0.2) is 4.52 Å². The van der Waals surface area contributed by atoms with Gasteiger partial charge in [0.2, 0.25) is 5.91 Å². The molecule has 0 saturated heterocycles. The molecule has 1 N–H and O–H groups in total. The van der Waals surface area contributed by atoms with E-state index in [9.17, 15) is 4.79 Å². The van der Waals surface area contributed by atoms with Crippen molar-refractivity contribution in [3.63, 3.8) is 0 Å². The Kier molecular flexibility index (Phi) is 4.00. The molecule has 3 rings (SSSR count). The minimum atomic E-state index is 0.159. The number of carbonyl (C=O) groups is 1. The number of carbonyl (C=O) groups excluding carboxylic acids is 1. The molecule has 20 heavy (non-hydrogen) atoms. The summed E-state index contributed by atoms with van der Waals surface area (Å²) in [5.74, 6) is 0.935. The first-order valence-electron chi connectivity index (χ1n) is 7.51. The third kappa shape index (κ3) is 3.00. The first kappa shape index (κ1) is 13.2. The number of hydrogen-bond acceptors (Lipinski definition) is 2. The van der Waals surface area contributed by atoms with E-state index in [-0.39, 0.29) is 5.91 Å². The number of aromatic nitrogens is 2. The van der Waals surface area contributed by atoms with Gasteiger partial charge in [0.1, 0.15) is 0 Å². The zero-order valence-corrected chi connectivity index (χ0v) is 11.7. The van der Waals surface area contributed by atoms with Crippen molar-refractivity contribution >= 4 is 11.4 Å². The van der Waals surface area contributed by atoms with Crippen LogP contribution >= 0.6 is 0 Å². The lowest BCUT2D eigenvalue weighted by Crippen LogP contribution is -2.22. The van der Waals surface area contributed by atoms with Crippen LogP contribution in [0.25, 0.3) is 5.52 Å². The summed E-state index contributed by atoms with van der Waals surface area (Å²) in [6.07, 6.45) is 10.7. The van der Waals surface area contributed by atoms with Crippen LogP contribution in [0, 0.1) is 5.92 Å². The SMILES string of the molecule is O=C(CCC1CCCC1)NCc1cnn2ccccc12. The van der Waals surface area contributed by atoms with Gasteiger partial charge in [-0.3, -0.25) is 4.79 Å². The van der Waals surface area contributed by atoms with Crippen molar-refractivity contribution in [2.45, 2.75) is 45.1 Å². The van der Waals surface area contributed by atoms with Crippen LogP contribution < -0.4 is 5.32 Å². The third-order valence-electron chi connectivity index (χ3n) is 4.24. The van der Waals surface area contributed by atoms with E-state index < -0.39 is 0 Å². The summed E-state index contributed by atoms with van der Waals surface area (Å²) >= 11 is 0. The molecule has 0 bridgehead atoms. The van der Waals surface area contributed by atoms with Gasteiger partial charge in [0.05, 0.1) is 11.7 Å². The molecule has 4 heteroatoms. The molecule has 0 atom stereocenters. The molecule has 0 spiro atoms. The second-order valence-corrected chi connectivity index (χ2v) is 5.67. The molecule has 0 unspecified atom stereocenters. The van der Waals surface area contributed by atoms with Crippen molar-refractivity contribution in [1.82, 2.24) is 14.9 Å². The molecule has 1 aliphatic rings. The molecular weight excluding hydrogens is 250 g/mol. The average molecular weight is 271 g/mol. The number of nitrogens with one attached hydrogen (secondary N) is 1. The fourth-order valence-corrected chi connectivity index (χ4v) is 3.04. The van der Waals surface area contributed by atoms with E-state index in [4.69, 9.17) is 0 Å². The minimum absolute atomic E-state index is 0.159. The highest BCUT2D eigenvalue weighted by Crippen LogP contribution is 2.28. The van der Waals surface area contributed by atoms with Crippen molar-refractivity contribution in [1.29, 1.82) is 0 Å². The lowest BCUT2D eigenvalue weighted by Gasteiger charge is -2.08. The number of amides is 1. The maximum absolute atomic E-state index is 11.9. The van der Waals surface area contributed by atoms with Crippen LogP contribution in [0.3, 0.4) is 0 Å². The smallest absolute Gasteiger partial charge is 0.220 e. The Morgan fingerprint density at radius 1 is 1.35 bits per heavy atom. The summed E-state index contributed by atoms with van der Waals surface area (Å²) in [7, 11) is 0. The standard InChI is InChI=1S/C16H21N3O/c20-16(9-8-13-5-1-2-6-13)17-11-14-12-18-19-10-4-3-7-15(14)19/h3-4,7,10,12-13H,1-2,5-6,8-9,11H2,(H,17,20). The highest BCUT2D eigenvalue weighted by atomic mass is 16.1. The van der Waals surface area contributed by atoms with Crippen LogP contribution in [0.5, 0.6) is 0 Å². The van der Waals surface area contributed by atoms with E-state index in [2.05, 4.69) is 10.4 Å². The number of pyridine rings is 1. The molecule has 4 nitrogen and oxygen atoms in total. The third-order valence-corrected chi connectivity index (χ3v) is 4.24. The summed E-state index contributed by atoms with van der Waals surface area (Å²) < 4.78 is 1.83. The highest BCUT2D eigenvalue weighted by molar-refractivity contribution is 5.76. The van der Waals surface area contributed by atoms with E-state index in [1.54, 1.807) is 0 Å². The molecule has 1 saturated carbocycles. The summed E-state index contributed by atoms with van der Waals surface area (Å²) in [5.41, 5.74) is 2.13. The van der Waals surface area contributed by atoms with Crippen molar-refractivity contribution in [2.24, 2.45) is 5.92 Å². The first-order valence-corrected chi connectivity index (χ1v) is 7.51. The summed E-state index contributed by atoms with van der Waals surface area (Å²) in [6, 6.07) is 5.96. The molecule has 0 aliphatic heterocycles. The first-order chi connectivity index (χ1) is 9.83. The molecule has 2 aromatic heterocycles. The highest BCUT2D eigenvalue weighted by Gasteiger charge is 2.16. The predicted molar refractivity (Wildman–Crippen MR) is 78.2 cm³/mol. The van der Waals surface area contributed by atoms with Crippen molar-refractivity contribution in [2.75, 3.05) is 0 Å². The van der Waals surface area contributed by atoms with Crippen molar-refractivity contribution < 1.29 is 4.79 Å². The normalized spacial score (nSPS) is 15.8. The Bertz CT molecular complexity index is 584. The molecule has 1 fully saturated rings. The van der Waals surface area contributed by atoms with Crippen LogP contribution in [0.1, 0.15) is 44.1 Å². The number of fused-ring (bicyclic) bond motifs is 1. The second-order valence-electron chi connectivity index (χ2n) is 5.67. The molecule has 106 valence electrons. The number of hydrogen-bond donors (Lipinski definition) is 1. The van der Waals surface area contributed by atoms with Crippen LogP contribution in [0.2, 0.25) is 0 Å². The Balaban J connectivity index is 1.49. The zero-order valence-electron chi connectivity index (χ0n) is 11.7. The van der Waals surface area contributed by atoms with E-state index >= 15 is 0 Å². The predicted octanol–water partition coefficient (Wildman–Crippen LogP) is 2.92. The monoisotopic (exact) mass is 271 g/mol. The van der Waals surface area contributed by atoms with Crippen molar-refractivity contribution in [3.8, 4) is 0 Å². The Morgan fingerprint density at radius 2 is 2.20 bits per heavy atom. The fourth-order valence-electron chi connectivity index (χ4n) is 3.04. The molecule has 0 aromatic carbocycles. The molecule has 1 aliphatic carbocycles. The van der Waals surface area contributed by atoms with Gasteiger partial charge in [-0.05, 0) is 24.5 Å². The van der Waals surface area contributed by atoms with Gasteiger partial charge in [0.25, 0.3) is 0 Å². The quantitative estimate of drug-likeness (QED) is 0.909. The molecule has 2 aromatic rings. The summed E-state index contributed by atoms with van der Waals surface area (Å²) in [4.78, 5) is 11.9. The summed E-state index contributed by atoms with van der Waals surface area (Å²) in [6.45, 7) is 0.566. The lowest BCUT2D eigenvalue weighted by atomic mass is 10.0. The zero-order chi connectivity index (χ0) is 13.8. The van der Waals surface area contributed by atoms with Gasteiger partial charge in [-0.1, -0.05) is 31.7 Å². The van der Waals surface area contributed by atoms with Gasteiger partial charge in [-0.2, -0.15) is 5.10 Å². The van der Waals surface area contributed by atoms with E-state index in [1.807, 2.05) is 35.1 Å². The minimum Gasteiger partial charge on any atom is -0.352 e. The maximum atomic E-state index is 11.9. The van der Waals surface area contributed by atoms with E-state index in [0.717, 1.165) is 23.4 Å². The number of nitrogens with zero attached hydrogens (tertiary/aromatic N) is 2. The van der Waals surface area contributed by atoms with Crippen molar-refractivity contribution in [3.05, 3.63) is 36.2 Å². The molecule has 0 radical (unpaired) electrons. The Labute approximate surface area is 119 Å². The molecular formula is C16H21N3O. The topological polar surface area (TPSA) is 46.4 Å². The summed E-state index contributed by atoms with van der Waals surface area (Å²) in [5, 5.41) is 7.28. The van der Waals surface area contributed by atoms with E-state index in [1.165, 1.54) is 25.7 Å². The number of rotatable bonds is 5. The maximum Gasteiger partial charge on any atom is 0.220 e. The van der Waals surface area contributed by atoms with Crippen LogP contribution in [0.15, 0.2) is 30.6 Å². The lowest BCUT2D eigenvalue weighted by molar-refractivity contribution is -0.121. The Morgan fingerprint density at radius 3 is 3.05 bits per heavy atom. The van der Waals surface area contributed by atoms with Gasteiger partial charge in [0, 0.05) is 24.7 Å². The van der Waals surface area contributed by atoms with Crippen LogP contribution in [-0.2, 0) is 11.3 Å². The molecule has 2 heterocycles. The van der Waals surface area contributed by atoms with Gasteiger partial charge < -0.3 is 5.32 Å². The van der Waals surface area contributed by atoms with Crippen LogP contribution in [-0.4, -0.2) is 15.5 Å². The second kappa shape index (κ2) is 6.07. The largest absolute Gasteiger partial charge is 0.352 e. The average Bonchev–Trinajstić information content (AvgIpc) is 3.12. The van der Waals surface area contributed by atoms with E-state index in [0.29, 0.717) is 13.0 Å². The molecule has 1 amide bonds. The van der Waals surface area contributed by atoms with Gasteiger partial charge >= 0.3 is 0 Å².